The van der Waals surface area contributed by atoms with Crippen molar-refractivity contribution in [3.63, 3.8) is 0 Å². The van der Waals surface area contributed by atoms with Gasteiger partial charge in [-0.05, 0) is 48.9 Å². The molecule has 30 heavy (non-hydrogen) atoms. The summed E-state index contributed by atoms with van der Waals surface area (Å²) in [6.07, 6.45) is 0.517. The Morgan fingerprint density at radius 2 is 1.70 bits per heavy atom. The topological polar surface area (TPSA) is 105 Å². The third-order valence-electron chi connectivity index (χ3n) is 3.91. The van der Waals surface area contributed by atoms with Crippen LogP contribution in [0.4, 0.5) is 0 Å². The Hall–Kier alpha value is -2.33. The Morgan fingerprint density at radius 1 is 1.03 bits per heavy atom. The van der Waals surface area contributed by atoms with Gasteiger partial charge in [0.1, 0.15) is 5.75 Å². The molecule has 2 aromatic rings. The number of rotatable bonds is 8. The van der Waals surface area contributed by atoms with Gasteiger partial charge in [-0.2, -0.15) is 0 Å². The number of benzene rings is 2. The largest absolute Gasteiger partial charge is 0.492 e. The van der Waals surface area contributed by atoms with Crippen molar-refractivity contribution in [1.82, 2.24) is 15.2 Å². The second kappa shape index (κ2) is 10.6. The number of sulfonamides is 1. The van der Waals surface area contributed by atoms with Gasteiger partial charge in [-0.1, -0.05) is 23.2 Å². The monoisotopic (exact) mass is 473 g/mol. The van der Waals surface area contributed by atoms with Crippen LogP contribution in [0.1, 0.15) is 23.2 Å². The first kappa shape index (κ1) is 23.9. The van der Waals surface area contributed by atoms with E-state index < -0.39 is 21.8 Å². The van der Waals surface area contributed by atoms with E-state index in [2.05, 4.69) is 10.9 Å². The number of carbonyl (C=O) groups excluding carboxylic acids is 2. The maximum absolute atomic E-state index is 12.1. The van der Waals surface area contributed by atoms with Crippen LogP contribution in [-0.4, -0.2) is 45.2 Å². The molecule has 0 bridgehead atoms. The number of hydrogen-bond acceptors (Lipinski definition) is 5. The molecule has 2 N–H and O–H groups in total. The van der Waals surface area contributed by atoms with Crippen molar-refractivity contribution in [3.05, 3.63) is 58.1 Å². The predicted molar refractivity (Wildman–Crippen MR) is 114 cm³/mol. The minimum atomic E-state index is -3.58. The van der Waals surface area contributed by atoms with Crippen LogP contribution >= 0.6 is 23.2 Å². The third-order valence-corrected chi connectivity index (χ3v) is 6.27. The normalized spacial score (nSPS) is 11.2. The lowest BCUT2D eigenvalue weighted by molar-refractivity contribution is -0.122. The molecule has 0 aliphatic carbocycles. The zero-order chi connectivity index (χ0) is 22.3. The van der Waals surface area contributed by atoms with Crippen molar-refractivity contribution in [2.75, 3.05) is 20.7 Å². The van der Waals surface area contributed by atoms with Crippen LogP contribution < -0.4 is 15.6 Å². The molecule has 2 rings (SSSR count). The van der Waals surface area contributed by atoms with Gasteiger partial charge in [0, 0.05) is 31.1 Å². The highest BCUT2D eigenvalue weighted by atomic mass is 35.5. The summed E-state index contributed by atoms with van der Waals surface area (Å²) in [4.78, 5) is 24.0. The molecule has 0 radical (unpaired) electrons. The van der Waals surface area contributed by atoms with Crippen LogP contribution in [0.5, 0.6) is 5.75 Å². The summed E-state index contributed by atoms with van der Waals surface area (Å²) in [5, 5.41) is 0.875. The predicted octanol–water partition coefficient (Wildman–Crippen LogP) is 2.86. The van der Waals surface area contributed by atoms with Gasteiger partial charge >= 0.3 is 0 Å². The molecular weight excluding hydrogens is 453 g/mol. The molecular formula is C19H21Cl2N3O5S. The van der Waals surface area contributed by atoms with Crippen molar-refractivity contribution in [2.24, 2.45) is 0 Å². The maximum atomic E-state index is 12.1. The van der Waals surface area contributed by atoms with Gasteiger partial charge in [0.05, 0.1) is 16.5 Å². The summed E-state index contributed by atoms with van der Waals surface area (Å²) in [5.41, 5.74) is 4.78. The second-order valence-corrected chi connectivity index (χ2v) is 9.34. The lowest BCUT2D eigenvalue weighted by Gasteiger charge is -2.12. The SMILES string of the molecule is CN(C)S(=O)(=O)c1ccc(C(=O)NNC(=O)CCCOc2ccc(Cl)cc2Cl)cc1. The van der Waals surface area contributed by atoms with Gasteiger partial charge in [-0.3, -0.25) is 20.4 Å². The van der Waals surface area contributed by atoms with Crippen molar-refractivity contribution in [3.8, 4) is 5.75 Å². The van der Waals surface area contributed by atoms with E-state index in [0.29, 0.717) is 22.2 Å². The van der Waals surface area contributed by atoms with Gasteiger partial charge in [0.25, 0.3) is 5.91 Å². The van der Waals surface area contributed by atoms with Crippen molar-refractivity contribution >= 4 is 45.0 Å². The molecule has 0 spiro atoms. The fourth-order valence-corrected chi connectivity index (χ4v) is 3.62. The molecule has 0 saturated heterocycles. The summed E-state index contributed by atoms with van der Waals surface area (Å²) in [7, 11) is -0.743. The number of ether oxygens (including phenoxy) is 1. The standard InChI is InChI=1S/C19H21Cl2N3O5S/c1-24(2)30(27,28)15-8-5-13(6-9-15)19(26)23-22-18(25)4-3-11-29-17-10-7-14(20)12-16(17)21/h5-10,12H,3-4,11H2,1-2H3,(H,22,25)(H,23,26). The summed E-state index contributed by atoms with van der Waals surface area (Å²) in [5.74, 6) is -0.503. The van der Waals surface area contributed by atoms with Crippen LogP contribution in [0.25, 0.3) is 0 Å². The number of nitrogens with zero attached hydrogens (tertiary/aromatic N) is 1. The highest BCUT2D eigenvalue weighted by molar-refractivity contribution is 7.89. The van der Waals surface area contributed by atoms with Gasteiger partial charge in [0.15, 0.2) is 0 Å². The van der Waals surface area contributed by atoms with Crippen molar-refractivity contribution < 1.29 is 22.7 Å². The zero-order valence-corrected chi connectivity index (χ0v) is 18.6. The first-order valence-corrected chi connectivity index (χ1v) is 11.0. The van der Waals surface area contributed by atoms with E-state index >= 15 is 0 Å². The number of nitrogens with one attached hydrogen (secondary N) is 2. The smallest absolute Gasteiger partial charge is 0.269 e. The first-order chi connectivity index (χ1) is 14.1. The van der Waals surface area contributed by atoms with E-state index in [9.17, 15) is 18.0 Å². The van der Waals surface area contributed by atoms with E-state index in [-0.39, 0.29) is 23.5 Å². The quantitative estimate of drug-likeness (QED) is 0.452. The minimum absolute atomic E-state index is 0.0638. The molecule has 0 aliphatic rings. The van der Waals surface area contributed by atoms with Crippen LogP contribution in [0.2, 0.25) is 10.0 Å². The molecule has 2 aromatic carbocycles. The Kier molecular flexibility index (Phi) is 8.48. The average Bonchev–Trinajstić information content (AvgIpc) is 2.70. The molecule has 2 amide bonds. The molecule has 0 atom stereocenters. The van der Waals surface area contributed by atoms with Crippen LogP contribution in [-0.2, 0) is 14.8 Å². The van der Waals surface area contributed by atoms with Crippen LogP contribution in [0.3, 0.4) is 0 Å². The second-order valence-electron chi connectivity index (χ2n) is 6.34. The minimum Gasteiger partial charge on any atom is -0.492 e. The molecule has 0 fully saturated rings. The molecule has 0 saturated carbocycles. The number of halogens is 2. The van der Waals surface area contributed by atoms with E-state index in [1.807, 2.05) is 0 Å². The van der Waals surface area contributed by atoms with E-state index in [0.717, 1.165) is 4.31 Å². The Labute approximate surface area is 185 Å². The summed E-state index contributed by atoms with van der Waals surface area (Å²) in [6.45, 7) is 0.254. The Bertz CT molecular complexity index is 1010. The molecule has 0 heterocycles. The molecule has 0 aliphatic heterocycles. The van der Waals surface area contributed by atoms with Gasteiger partial charge in [-0.15, -0.1) is 0 Å². The Balaban J connectivity index is 1.75. The lowest BCUT2D eigenvalue weighted by atomic mass is 10.2. The van der Waals surface area contributed by atoms with E-state index in [1.54, 1.807) is 18.2 Å². The zero-order valence-electron chi connectivity index (χ0n) is 16.3. The highest BCUT2D eigenvalue weighted by Gasteiger charge is 2.17. The van der Waals surface area contributed by atoms with Crippen molar-refractivity contribution in [2.45, 2.75) is 17.7 Å². The molecule has 8 nitrogen and oxygen atoms in total. The first-order valence-electron chi connectivity index (χ1n) is 8.81. The molecule has 11 heteroatoms. The number of carbonyl (C=O) groups is 2. The number of amides is 2. The van der Waals surface area contributed by atoms with Crippen LogP contribution in [0, 0.1) is 0 Å². The summed E-state index contributed by atoms with van der Waals surface area (Å²) >= 11 is 11.8. The summed E-state index contributed by atoms with van der Waals surface area (Å²) in [6, 6.07) is 10.2. The summed E-state index contributed by atoms with van der Waals surface area (Å²) < 4.78 is 30.6. The molecule has 0 unspecified atom stereocenters. The number of hydrogen-bond donors (Lipinski definition) is 2. The van der Waals surface area contributed by atoms with Crippen LogP contribution in [0.15, 0.2) is 47.4 Å². The fourth-order valence-electron chi connectivity index (χ4n) is 2.26. The average molecular weight is 474 g/mol. The van der Waals surface area contributed by atoms with Gasteiger partial charge in [0.2, 0.25) is 15.9 Å². The van der Waals surface area contributed by atoms with E-state index in [4.69, 9.17) is 27.9 Å². The van der Waals surface area contributed by atoms with Gasteiger partial charge in [-0.25, -0.2) is 12.7 Å². The van der Waals surface area contributed by atoms with E-state index in [1.165, 1.54) is 38.4 Å². The molecule has 162 valence electrons. The van der Waals surface area contributed by atoms with Gasteiger partial charge < -0.3 is 4.74 Å². The Morgan fingerprint density at radius 3 is 2.30 bits per heavy atom. The highest BCUT2D eigenvalue weighted by Crippen LogP contribution is 2.27. The third kappa shape index (κ3) is 6.60. The maximum Gasteiger partial charge on any atom is 0.269 e. The number of hydrazine groups is 1. The fraction of sp³-hybridized carbons (Fsp3) is 0.263. The molecule has 0 aromatic heterocycles. The lowest BCUT2D eigenvalue weighted by Crippen LogP contribution is -2.41. The van der Waals surface area contributed by atoms with Crippen molar-refractivity contribution in [1.29, 1.82) is 0 Å².